The van der Waals surface area contributed by atoms with E-state index in [0.717, 1.165) is 12.5 Å². The van der Waals surface area contributed by atoms with E-state index in [1.807, 2.05) is 0 Å². The van der Waals surface area contributed by atoms with Crippen molar-refractivity contribution in [2.24, 2.45) is 22.2 Å². The lowest BCUT2D eigenvalue weighted by atomic mass is 9.58. The summed E-state index contributed by atoms with van der Waals surface area (Å²) >= 11 is 0. The molecule has 3 rings (SSSR count). The van der Waals surface area contributed by atoms with Gasteiger partial charge < -0.3 is 5.32 Å². The Morgan fingerprint density at radius 3 is 2.75 bits per heavy atom. The Morgan fingerprint density at radius 1 is 1.25 bits per heavy atom. The fraction of sp³-hybridized carbons (Fsp3) is 0.867. The monoisotopic (exact) mass is 219 g/mol. The first kappa shape index (κ1) is 10.8. The Kier molecular flexibility index (Phi) is 1.98. The fourth-order valence-electron chi connectivity index (χ4n) is 4.91. The Hall–Kier alpha value is -0.300. The lowest BCUT2D eigenvalue weighted by Crippen LogP contribution is -2.43. The van der Waals surface area contributed by atoms with Gasteiger partial charge in [-0.1, -0.05) is 39.3 Å². The molecule has 1 nitrogen and oxygen atoms in total. The van der Waals surface area contributed by atoms with Gasteiger partial charge in [0.1, 0.15) is 0 Å². The van der Waals surface area contributed by atoms with E-state index >= 15 is 0 Å². The van der Waals surface area contributed by atoms with E-state index in [4.69, 9.17) is 0 Å². The third-order valence-corrected chi connectivity index (χ3v) is 6.06. The number of hydrogen-bond acceptors (Lipinski definition) is 1. The fourth-order valence-corrected chi connectivity index (χ4v) is 4.91. The van der Waals surface area contributed by atoms with Gasteiger partial charge in [0.15, 0.2) is 0 Å². The maximum atomic E-state index is 3.61. The van der Waals surface area contributed by atoms with Gasteiger partial charge in [-0.05, 0) is 41.4 Å². The van der Waals surface area contributed by atoms with Gasteiger partial charge in [-0.25, -0.2) is 0 Å². The third-order valence-electron chi connectivity index (χ3n) is 6.06. The Bertz CT molecular complexity index is 350. The highest BCUT2D eigenvalue weighted by Gasteiger charge is 2.63. The molecule has 0 aromatic rings. The zero-order valence-electron chi connectivity index (χ0n) is 11.2. The molecule has 1 N–H and O–H groups in total. The van der Waals surface area contributed by atoms with Gasteiger partial charge in [0.05, 0.1) is 0 Å². The maximum Gasteiger partial charge on any atom is 0.0138 e. The topological polar surface area (TPSA) is 12.0 Å². The van der Waals surface area contributed by atoms with Crippen molar-refractivity contribution in [3.63, 3.8) is 0 Å². The average Bonchev–Trinajstić information content (AvgIpc) is 2.65. The standard InChI is InChI=1S/C15H25N/c1-13(2)10-16-8-6-12-14(3,4)11-5-7-15(12,13)9-11/h6,11,16H,5,7-10H2,1-4H3. The van der Waals surface area contributed by atoms with Crippen molar-refractivity contribution >= 4 is 0 Å². The predicted octanol–water partition coefficient (Wildman–Crippen LogP) is 3.37. The van der Waals surface area contributed by atoms with Crippen LogP contribution in [-0.2, 0) is 0 Å². The summed E-state index contributed by atoms with van der Waals surface area (Å²) in [6, 6.07) is 0. The highest BCUT2D eigenvalue weighted by atomic mass is 14.9. The largest absolute Gasteiger partial charge is 0.313 e. The van der Waals surface area contributed by atoms with Crippen LogP contribution in [0.1, 0.15) is 47.0 Å². The first-order valence-corrected chi connectivity index (χ1v) is 6.82. The van der Waals surface area contributed by atoms with Gasteiger partial charge in [0.25, 0.3) is 0 Å². The van der Waals surface area contributed by atoms with Crippen LogP contribution >= 0.6 is 0 Å². The summed E-state index contributed by atoms with van der Waals surface area (Å²) < 4.78 is 0. The second-order valence-corrected chi connectivity index (χ2v) is 7.38. The Labute approximate surface area is 99.7 Å². The van der Waals surface area contributed by atoms with Crippen LogP contribution in [0.5, 0.6) is 0 Å². The first-order chi connectivity index (χ1) is 7.40. The second kappa shape index (κ2) is 2.93. The maximum absolute atomic E-state index is 3.61. The summed E-state index contributed by atoms with van der Waals surface area (Å²) in [6.07, 6.45) is 6.85. The summed E-state index contributed by atoms with van der Waals surface area (Å²) in [5.41, 5.74) is 3.19. The summed E-state index contributed by atoms with van der Waals surface area (Å²) in [7, 11) is 0. The molecule has 0 aromatic carbocycles. The molecule has 90 valence electrons. The molecular formula is C15H25N. The molecule has 1 spiro atoms. The van der Waals surface area contributed by atoms with Gasteiger partial charge >= 0.3 is 0 Å². The van der Waals surface area contributed by atoms with Crippen LogP contribution in [0.4, 0.5) is 0 Å². The van der Waals surface area contributed by atoms with Gasteiger partial charge in [-0.15, -0.1) is 0 Å². The lowest BCUT2D eigenvalue weighted by molar-refractivity contribution is 0.117. The van der Waals surface area contributed by atoms with E-state index in [1.165, 1.54) is 25.8 Å². The number of rotatable bonds is 0. The van der Waals surface area contributed by atoms with Gasteiger partial charge in [-0.2, -0.15) is 0 Å². The molecule has 2 saturated carbocycles. The molecule has 2 fully saturated rings. The van der Waals surface area contributed by atoms with E-state index in [9.17, 15) is 0 Å². The Morgan fingerprint density at radius 2 is 2.00 bits per heavy atom. The van der Waals surface area contributed by atoms with Crippen molar-refractivity contribution in [1.82, 2.24) is 5.32 Å². The minimum Gasteiger partial charge on any atom is -0.313 e. The molecular weight excluding hydrogens is 194 g/mol. The molecule has 2 atom stereocenters. The zero-order valence-corrected chi connectivity index (χ0v) is 11.2. The van der Waals surface area contributed by atoms with Crippen LogP contribution in [-0.4, -0.2) is 13.1 Å². The van der Waals surface area contributed by atoms with E-state index in [0.29, 0.717) is 16.2 Å². The van der Waals surface area contributed by atoms with E-state index in [1.54, 1.807) is 5.57 Å². The summed E-state index contributed by atoms with van der Waals surface area (Å²) in [6.45, 7) is 12.2. The number of nitrogens with one attached hydrogen (secondary N) is 1. The third kappa shape index (κ3) is 1.06. The van der Waals surface area contributed by atoms with Crippen LogP contribution in [0.25, 0.3) is 0 Å². The van der Waals surface area contributed by atoms with E-state index < -0.39 is 0 Å². The van der Waals surface area contributed by atoms with Crippen LogP contribution in [0.15, 0.2) is 11.6 Å². The van der Waals surface area contributed by atoms with Crippen molar-refractivity contribution in [2.75, 3.05) is 13.1 Å². The van der Waals surface area contributed by atoms with Gasteiger partial charge in [0.2, 0.25) is 0 Å². The summed E-state index contributed by atoms with van der Waals surface area (Å²) in [5, 5.41) is 3.61. The Balaban J connectivity index is 2.16. The van der Waals surface area contributed by atoms with E-state index in [-0.39, 0.29) is 0 Å². The molecule has 0 aromatic heterocycles. The molecule has 0 saturated heterocycles. The molecule has 1 heteroatoms. The van der Waals surface area contributed by atoms with Crippen molar-refractivity contribution in [3.8, 4) is 0 Å². The number of hydrogen-bond donors (Lipinski definition) is 1. The van der Waals surface area contributed by atoms with Gasteiger partial charge in [-0.3, -0.25) is 0 Å². The molecule has 1 heterocycles. The molecule has 2 unspecified atom stereocenters. The zero-order chi connectivity index (χ0) is 11.6. The molecule has 3 aliphatic rings. The number of fused-ring (bicyclic) bond motifs is 1. The SMILES string of the molecule is CC1(C)C2=CCNCC(C)(C)C23CCC1C3. The second-order valence-electron chi connectivity index (χ2n) is 7.38. The van der Waals surface area contributed by atoms with Crippen LogP contribution in [0.2, 0.25) is 0 Å². The lowest BCUT2D eigenvalue weighted by Gasteiger charge is -2.47. The molecule has 2 aliphatic carbocycles. The minimum atomic E-state index is 0.428. The number of allylic oxidation sites excluding steroid dienone is 1. The average molecular weight is 219 g/mol. The van der Waals surface area contributed by atoms with Crippen molar-refractivity contribution in [3.05, 3.63) is 11.6 Å². The first-order valence-electron chi connectivity index (χ1n) is 6.82. The van der Waals surface area contributed by atoms with E-state index in [2.05, 4.69) is 39.1 Å². The van der Waals surface area contributed by atoms with Crippen molar-refractivity contribution in [2.45, 2.75) is 47.0 Å². The van der Waals surface area contributed by atoms with Gasteiger partial charge in [0, 0.05) is 13.1 Å². The summed E-state index contributed by atoms with van der Waals surface area (Å²) in [4.78, 5) is 0. The molecule has 1 aliphatic heterocycles. The molecule has 16 heavy (non-hydrogen) atoms. The van der Waals surface area contributed by atoms with Crippen LogP contribution < -0.4 is 5.32 Å². The van der Waals surface area contributed by atoms with Crippen LogP contribution in [0.3, 0.4) is 0 Å². The summed E-state index contributed by atoms with van der Waals surface area (Å²) in [5.74, 6) is 0.941. The van der Waals surface area contributed by atoms with Crippen molar-refractivity contribution in [1.29, 1.82) is 0 Å². The minimum absolute atomic E-state index is 0.428. The molecule has 0 radical (unpaired) electrons. The van der Waals surface area contributed by atoms with Crippen LogP contribution in [0, 0.1) is 22.2 Å². The smallest absolute Gasteiger partial charge is 0.0138 e. The van der Waals surface area contributed by atoms with Crippen molar-refractivity contribution < 1.29 is 0 Å². The quantitative estimate of drug-likeness (QED) is 0.616. The predicted molar refractivity (Wildman–Crippen MR) is 68.3 cm³/mol. The normalized spacial score (nSPS) is 43.8. The molecule has 0 amide bonds. The molecule has 2 bridgehead atoms. The highest BCUT2D eigenvalue weighted by molar-refractivity contribution is 5.36. The highest BCUT2D eigenvalue weighted by Crippen LogP contribution is 2.71.